The van der Waals surface area contributed by atoms with E-state index in [4.69, 9.17) is 5.73 Å². The summed E-state index contributed by atoms with van der Waals surface area (Å²) < 4.78 is 0. The van der Waals surface area contributed by atoms with Crippen LogP contribution in [0.1, 0.15) is 38.6 Å². The van der Waals surface area contributed by atoms with Crippen LogP contribution in [-0.4, -0.2) is 21.7 Å². The van der Waals surface area contributed by atoms with Gasteiger partial charge in [0, 0.05) is 5.56 Å². The molecular formula is C19H15N3O2S. The molecule has 0 bridgehead atoms. The van der Waals surface area contributed by atoms with Crippen molar-refractivity contribution >= 4 is 28.3 Å². The summed E-state index contributed by atoms with van der Waals surface area (Å²) in [7, 11) is 0. The smallest absolute Gasteiger partial charge is 0.262 e. The van der Waals surface area contributed by atoms with E-state index >= 15 is 0 Å². The number of nitrogens with zero attached hydrogens (tertiary/aromatic N) is 2. The Kier molecular flexibility index (Phi) is 3.62. The number of benzene rings is 2. The van der Waals surface area contributed by atoms with E-state index in [1.54, 1.807) is 24.3 Å². The number of nitrogen functional groups attached to an aromatic ring is 1. The van der Waals surface area contributed by atoms with E-state index in [-0.39, 0.29) is 11.8 Å². The van der Waals surface area contributed by atoms with Crippen molar-refractivity contribution in [2.75, 3.05) is 5.73 Å². The predicted octanol–water partition coefficient (Wildman–Crippen LogP) is 3.75. The van der Waals surface area contributed by atoms with E-state index in [2.05, 4.69) is 4.98 Å². The van der Waals surface area contributed by atoms with Crippen molar-refractivity contribution in [1.29, 1.82) is 0 Å². The lowest BCUT2D eigenvalue weighted by Crippen LogP contribution is -2.32. The third-order valence-corrected chi connectivity index (χ3v) is 5.36. The maximum Gasteiger partial charge on any atom is 0.262 e. The molecule has 2 aromatic carbocycles. The van der Waals surface area contributed by atoms with Gasteiger partial charge in [0.05, 0.1) is 27.7 Å². The minimum atomic E-state index is -0.447. The average molecular weight is 349 g/mol. The zero-order valence-corrected chi connectivity index (χ0v) is 14.3. The number of fused-ring (bicyclic) bond motifs is 1. The van der Waals surface area contributed by atoms with Gasteiger partial charge in [-0.25, -0.2) is 4.98 Å². The summed E-state index contributed by atoms with van der Waals surface area (Å²) in [6.07, 6.45) is 0. The predicted molar refractivity (Wildman–Crippen MR) is 97.3 cm³/mol. The summed E-state index contributed by atoms with van der Waals surface area (Å²) in [4.78, 5) is 32.0. The number of rotatable bonds is 3. The van der Waals surface area contributed by atoms with Crippen molar-refractivity contribution in [3.63, 3.8) is 0 Å². The SMILES string of the molecule is CC(c1sc(N)nc1-c1ccccc1)N1C(=O)c2ccccc2C1=O. The molecule has 1 aliphatic rings. The van der Waals surface area contributed by atoms with Crippen LogP contribution in [0.5, 0.6) is 0 Å². The van der Waals surface area contributed by atoms with Crippen LogP contribution in [0, 0.1) is 0 Å². The molecule has 1 aliphatic heterocycles. The number of thiazole rings is 1. The fourth-order valence-corrected chi connectivity index (χ4v) is 4.01. The van der Waals surface area contributed by atoms with E-state index in [0.717, 1.165) is 10.4 Å². The van der Waals surface area contributed by atoms with Crippen LogP contribution in [0.25, 0.3) is 11.3 Å². The lowest BCUT2D eigenvalue weighted by atomic mass is 10.1. The summed E-state index contributed by atoms with van der Waals surface area (Å²) in [5.41, 5.74) is 8.44. The van der Waals surface area contributed by atoms with Gasteiger partial charge in [0.2, 0.25) is 0 Å². The van der Waals surface area contributed by atoms with Crippen LogP contribution in [0.4, 0.5) is 5.13 Å². The van der Waals surface area contributed by atoms with Crippen molar-refractivity contribution in [1.82, 2.24) is 9.88 Å². The van der Waals surface area contributed by atoms with Crippen molar-refractivity contribution in [2.24, 2.45) is 0 Å². The first kappa shape index (κ1) is 15.5. The first-order chi connectivity index (χ1) is 12.1. The van der Waals surface area contributed by atoms with Gasteiger partial charge in [-0.05, 0) is 19.1 Å². The standard InChI is InChI=1S/C19H15N3O2S/c1-11(22-17(23)13-9-5-6-10-14(13)18(22)24)16-15(21-19(20)25-16)12-7-3-2-4-8-12/h2-11H,1H3,(H2,20,21). The topological polar surface area (TPSA) is 76.3 Å². The largest absolute Gasteiger partial charge is 0.375 e. The number of anilines is 1. The molecule has 3 aromatic rings. The number of aromatic nitrogens is 1. The quantitative estimate of drug-likeness (QED) is 0.731. The van der Waals surface area contributed by atoms with E-state index in [0.29, 0.717) is 22.0 Å². The Morgan fingerprint density at radius 2 is 1.52 bits per heavy atom. The number of imide groups is 1. The fourth-order valence-electron chi connectivity index (χ4n) is 3.11. The molecule has 0 spiro atoms. The molecule has 0 saturated heterocycles. The van der Waals surface area contributed by atoms with Gasteiger partial charge in [0.25, 0.3) is 11.8 Å². The molecule has 1 unspecified atom stereocenters. The normalized spacial score (nSPS) is 14.7. The zero-order chi connectivity index (χ0) is 17.6. The Hall–Kier alpha value is -2.99. The molecule has 6 heteroatoms. The van der Waals surface area contributed by atoms with Crippen LogP contribution < -0.4 is 5.73 Å². The minimum absolute atomic E-state index is 0.279. The van der Waals surface area contributed by atoms with E-state index in [1.165, 1.54) is 16.2 Å². The molecular weight excluding hydrogens is 334 g/mol. The highest BCUT2D eigenvalue weighted by molar-refractivity contribution is 7.15. The van der Waals surface area contributed by atoms with Gasteiger partial charge >= 0.3 is 0 Å². The molecule has 2 heterocycles. The van der Waals surface area contributed by atoms with Crippen LogP contribution in [0.15, 0.2) is 54.6 Å². The summed E-state index contributed by atoms with van der Waals surface area (Å²) in [6, 6.07) is 16.1. The number of nitrogens with two attached hydrogens (primary N) is 1. The summed E-state index contributed by atoms with van der Waals surface area (Å²) in [6.45, 7) is 1.83. The van der Waals surface area contributed by atoms with Crippen molar-refractivity contribution in [3.05, 3.63) is 70.6 Å². The second kappa shape index (κ2) is 5.82. The van der Waals surface area contributed by atoms with Crippen LogP contribution in [0.3, 0.4) is 0 Å². The van der Waals surface area contributed by atoms with Gasteiger partial charge in [-0.2, -0.15) is 0 Å². The molecule has 1 aromatic heterocycles. The van der Waals surface area contributed by atoms with Crippen molar-refractivity contribution in [2.45, 2.75) is 13.0 Å². The lowest BCUT2D eigenvalue weighted by molar-refractivity contribution is 0.0598. The fraction of sp³-hybridized carbons (Fsp3) is 0.105. The first-order valence-corrected chi connectivity index (χ1v) is 8.68. The molecule has 2 N–H and O–H groups in total. The summed E-state index contributed by atoms with van der Waals surface area (Å²) >= 11 is 1.31. The van der Waals surface area contributed by atoms with E-state index in [1.807, 2.05) is 37.3 Å². The molecule has 2 amide bonds. The van der Waals surface area contributed by atoms with Gasteiger partial charge in [-0.15, -0.1) is 0 Å². The Balaban J connectivity index is 1.78. The van der Waals surface area contributed by atoms with Gasteiger partial charge in [0.15, 0.2) is 5.13 Å². The Morgan fingerprint density at radius 3 is 2.12 bits per heavy atom. The molecule has 0 fully saturated rings. The maximum atomic E-state index is 12.7. The third-order valence-electron chi connectivity index (χ3n) is 4.31. The minimum Gasteiger partial charge on any atom is -0.375 e. The van der Waals surface area contributed by atoms with Gasteiger partial charge in [-0.3, -0.25) is 14.5 Å². The molecule has 124 valence electrons. The van der Waals surface area contributed by atoms with Gasteiger partial charge < -0.3 is 5.73 Å². The average Bonchev–Trinajstić information content (AvgIpc) is 3.14. The first-order valence-electron chi connectivity index (χ1n) is 7.86. The molecule has 0 aliphatic carbocycles. The molecule has 0 saturated carbocycles. The molecule has 5 nitrogen and oxygen atoms in total. The second-order valence-electron chi connectivity index (χ2n) is 5.83. The monoisotopic (exact) mass is 349 g/mol. The lowest BCUT2D eigenvalue weighted by Gasteiger charge is -2.22. The Morgan fingerprint density at radius 1 is 0.960 bits per heavy atom. The highest BCUT2D eigenvalue weighted by Crippen LogP contribution is 2.39. The second-order valence-corrected chi connectivity index (χ2v) is 6.90. The van der Waals surface area contributed by atoms with Crippen molar-refractivity contribution in [3.8, 4) is 11.3 Å². The Bertz CT molecular complexity index is 946. The molecule has 1 atom stereocenters. The van der Waals surface area contributed by atoms with Crippen molar-refractivity contribution < 1.29 is 9.59 Å². The van der Waals surface area contributed by atoms with Crippen LogP contribution >= 0.6 is 11.3 Å². The van der Waals surface area contributed by atoms with E-state index < -0.39 is 6.04 Å². The number of carbonyl (C=O) groups excluding carboxylic acids is 2. The van der Waals surface area contributed by atoms with Crippen LogP contribution in [-0.2, 0) is 0 Å². The zero-order valence-electron chi connectivity index (χ0n) is 13.5. The molecule has 25 heavy (non-hydrogen) atoms. The highest BCUT2D eigenvalue weighted by Gasteiger charge is 2.40. The van der Waals surface area contributed by atoms with Crippen LogP contribution in [0.2, 0.25) is 0 Å². The summed E-state index contributed by atoms with van der Waals surface area (Å²) in [5.74, 6) is -0.557. The number of carbonyl (C=O) groups is 2. The van der Waals surface area contributed by atoms with E-state index in [9.17, 15) is 9.59 Å². The number of hydrogen-bond acceptors (Lipinski definition) is 5. The van der Waals surface area contributed by atoms with Gasteiger partial charge in [0.1, 0.15) is 0 Å². The molecule has 0 radical (unpaired) electrons. The van der Waals surface area contributed by atoms with Gasteiger partial charge in [-0.1, -0.05) is 53.8 Å². The Labute approximate surface area is 148 Å². The number of amides is 2. The highest BCUT2D eigenvalue weighted by atomic mass is 32.1. The summed E-state index contributed by atoms with van der Waals surface area (Å²) in [5, 5.41) is 0.414. The maximum absolute atomic E-state index is 12.7. The number of hydrogen-bond donors (Lipinski definition) is 1. The molecule has 4 rings (SSSR count). The third kappa shape index (κ3) is 2.42.